The van der Waals surface area contributed by atoms with E-state index in [1.54, 1.807) is 37.6 Å². The summed E-state index contributed by atoms with van der Waals surface area (Å²) in [4.78, 5) is 29.8. The van der Waals surface area contributed by atoms with Gasteiger partial charge in [-0.25, -0.2) is 0 Å². The van der Waals surface area contributed by atoms with Gasteiger partial charge in [0.15, 0.2) is 0 Å². The molecule has 0 saturated heterocycles. The van der Waals surface area contributed by atoms with Crippen LogP contribution in [-0.4, -0.2) is 37.9 Å². The van der Waals surface area contributed by atoms with E-state index in [0.29, 0.717) is 22.4 Å². The Hall–Kier alpha value is -3.28. The molecule has 0 saturated carbocycles. The number of hydrogen-bond acceptors (Lipinski definition) is 4. The van der Waals surface area contributed by atoms with Crippen molar-refractivity contribution in [2.75, 3.05) is 31.4 Å². The van der Waals surface area contributed by atoms with Gasteiger partial charge in [0.25, 0.3) is 11.7 Å². The summed E-state index contributed by atoms with van der Waals surface area (Å²) in [7, 11) is 5.42. The van der Waals surface area contributed by atoms with Crippen molar-refractivity contribution in [3.63, 3.8) is 0 Å². The fourth-order valence-corrected chi connectivity index (χ4v) is 2.57. The van der Waals surface area contributed by atoms with Gasteiger partial charge in [-0.3, -0.25) is 9.59 Å². The van der Waals surface area contributed by atoms with Crippen molar-refractivity contribution in [2.45, 2.75) is 0 Å². The number of nitrogens with one attached hydrogen (secondary N) is 2. The standard InChI is InChI=1S/C19H19N3O3/c1-22(2)13-6-4-12(5-7-13)21-19(24)18(23)16-11-20-17-9-8-14(25-3)10-15(16)17/h4-11,20H,1-3H3,(H,21,24). The first-order chi connectivity index (χ1) is 12.0. The van der Waals surface area contributed by atoms with E-state index in [-0.39, 0.29) is 0 Å². The molecule has 3 aromatic rings. The molecule has 6 nitrogen and oxygen atoms in total. The molecule has 0 fully saturated rings. The minimum Gasteiger partial charge on any atom is -0.497 e. The number of fused-ring (bicyclic) bond motifs is 1. The monoisotopic (exact) mass is 337 g/mol. The number of ketones is 1. The Labute approximate surface area is 145 Å². The van der Waals surface area contributed by atoms with Crippen LogP contribution in [0, 0.1) is 0 Å². The van der Waals surface area contributed by atoms with Gasteiger partial charge in [0, 0.05) is 42.6 Å². The maximum absolute atomic E-state index is 12.5. The maximum atomic E-state index is 12.5. The third-order valence-corrected chi connectivity index (χ3v) is 3.98. The van der Waals surface area contributed by atoms with Gasteiger partial charge < -0.3 is 19.9 Å². The van der Waals surface area contributed by atoms with E-state index in [0.717, 1.165) is 11.2 Å². The molecule has 2 aromatic carbocycles. The predicted octanol–water partition coefficient (Wildman–Crippen LogP) is 3.06. The largest absolute Gasteiger partial charge is 0.497 e. The second kappa shape index (κ2) is 6.68. The molecule has 0 spiro atoms. The first kappa shape index (κ1) is 16.6. The summed E-state index contributed by atoms with van der Waals surface area (Å²) >= 11 is 0. The molecule has 0 aliphatic heterocycles. The summed E-state index contributed by atoms with van der Waals surface area (Å²) in [6, 6.07) is 12.6. The van der Waals surface area contributed by atoms with Crippen LogP contribution in [0.2, 0.25) is 0 Å². The minimum atomic E-state index is -0.679. The van der Waals surface area contributed by atoms with Gasteiger partial charge in [0.05, 0.1) is 12.7 Å². The Bertz CT molecular complexity index is 927. The number of carbonyl (C=O) groups is 2. The lowest BCUT2D eigenvalue weighted by molar-refractivity contribution is -0.112. The summed E-state index contributed by atoms with van der Waals surface area (Å²) in [5, 5.41) is 3.29. The van der Waals surface area contributed by atoms with Crippen LogP contribution in [0.25, 0.3) is 10.9 Å². The molecule has 0 aliphatic rings. The Balaban J connectivity index is 1.81. The van der Waals surface area contributed by atoms with Crippen LogP contribution in [0.15, 0.2) is 48.7 Å². The first-order valence-electron chi connectivity index (χ1n) is 7.78. The van der Waals surface area contributed by atoms with Gasteiger partial charge in [-0.1, -0.05) is 0 Å². The molecule has 3 rings (SSSR count). The Morgan fingerprint density at radius 3 is 2.44 bits per heavy atom. The number of aromatic nitrogens is 1. The molecule has 0 radical (unpaired) electrons. The fraction of sp³-hybridized carbons (Fsp3) is 0.158. The van der Waals surface area contributed by atoms with Crippen molar-refractivity contribution in [3.05, 3.63) is 54.2 Å². The van der Waals surface area contributed by atoms with Gasteiger partial charge in [0.1, 0.15) is 5.75 Å². The van der Waals surface area contributed by atoms with E-state index in [2.05, 4.69) is 10.3 Å². The zero-order chi connectivity index (χ0) is 18.0. The van der Waals surface area contributed by atoms with Crippen LogP contribution >= 0.6 is 0 Å². The predicted molar refractivity (Wildman–Crippen MR) is 98.6 cm³/mol. The van der Waals surface area contributed by atoms with Crippen molar-refractivity contribution in [3.8, 4) is 5.75 Å². The SMILES string of the molecule is COc1ccc2[nH]cc(C(=O)C(=O)Nc3ccc(N(C)C)cc3)c2c1. The summed E-state index contributed by atoms with van der Waals surface area (Å²) in [5.41, 5.74) is 2.66. The molecular weight excluding hydrogens is 318 g/mol. The third-order valence-electron chi connectivity index (χ3n) is 3.98. The quantitative estimate of drug-likeness (QED) is 0.554. The zero-order valence-corrected chi connectivity index (χ0v) is 14.3. The maximum Gasteiger partial charge on any atom is 0.296 e. The number of benzene rings is 2. The van der Waals surface area contributed by atoms with Gasteiger partial charge in [0.2, 0.25) is 0 Å². The van der Waals surface area contributed by atoms with Crippen LogP contribution in [0.1, 0.15) is 10.4 Å². The average Bonchev–Trinajstić information content (AvgIpc) is 3.04. The zero-order valence-electron chi connectivity index (χ0n) is 14.3. The van der Waals surface area contributed by atoms with Gasteiger partial charge in [-0.2, -0.15) is 0 Å². The molecular formula is C19H19N3O3. The smallest absolute Gasteiger partial charge is 0.296 e. The molecule has 0 bridgehead atoms. The second-order valence-corrected chi connectivity index (χ2v) is 5.84. The number of Topliss-reactive ketones (excluding diaryl/α,β-unsaturated/α-hetero) is 1. The second-order valence-electron chi connectivity index (χ2n) is 5.84. The molecule has 1 aromatic heterocycles. The van der Waals surface area contributed by atoms with Crippen LogP contribution in [0.4, 0.5) is 11.4 Å². The van der Waals surface area contributed by atoms with Gasteiger partial charge in [-0.15, -0.1) is 0 Å². The van der Waals surface area contributed by atoms with Crippen molar-refractivity contribution in [1.82, 2.24) is 4.98 Å². The number of nitrogens with zero attached hydrogens (tertiary/aromatic N) is 1. The number of rotatable bonds is 5. The molecule has 2 N–H and O–H groups in total. The Morgan fingerprint density at radius 2 is 1.80 bits per heavy atom. The summed E-state index contributed by atoms with van der Waals surface area (Å²) < 4.78 is 5.18. The molecule has 0 unspecified atom stereocenters. The molecule has 0 atom stereocenters. The van der Waals surface area contributed by atoms with Crippen LogP contribution in [-0.2, 0) is 4.79 Å². The topological polar surface area (TPSA) is 74.4 Å². The molecule has 0 aliphatic carbocycles. The lowest BCUT2D eigenvalue weighted by Gasteiger charge is -2.12. The highest BCUT2D eigenvalue weighted by Crippen LogP contribution is 2.24. The van der Waals surface area contributed by atoms with E-state index in [1.807, 2.05) is 37.2 Å². The molecule has 25 heavy (non-hydrogen) atoms. The lowest BCUT2D eigenvalue weighted by Crippen LogP contribution is -2.22. The molecule has 6 heteroatoms. The third kappa shape index (κ3) is 3.33. The van der Waals surface area contributed by atoms with Crippen molar-refractivity contribution >= 4 is 34.0 Å². The molecule has 1 amide bonds. The molecule has 1 heterocycles. The van der Waals surface area contributed by atoms with E-state index in [9.17, 15) is 9.59 Å². The summed E-state index contributed by atoms with van der Waals surface area (Å²) in [6.07, 6.45) is 1.54. The summed E-state index contributed by atoms with van der Waals surface area (Å²) in [5.74, 6) is -0.654. The summed E-state index contributed by atoms with van der Waals surface area (Å²) in [6.45, 7) is 0. The highest BCUT2D eigenvalue weighted by molar-refractivity contribution is 6.48. The number of H-pyrrole nitrogens is 1. The average molecular weight is 337 g/mol. The number of amides is 1. The Kier molecular flexibility index (Phi) is 4.43. The van der Waals surface area contributed by atoms with E-state index < -0.39 is 11.7 Å². The lowest BCUT2D eigenvalue weighted by atomic mass is 10.1. The van der Waals surface area contributed by atoms with E-state index in [4.69, 9.17) is 4.74 Å². The normalized spacial score (nSPS) is 10.5. The Morgan fingerprint density at radius 1 is 1.08 bits per heavy atom. The fourth-order valence-electron chi connectivity index (χ4n) is 2.57. The van der Waals surface area contributed by atoms with E-state index >= 15 is 0 Å². The number of ether oxygens (including phenoxy) is 1. The van der Waals surface area contributed by atoms with Gasteiger partial charge >= 0.3 is 0 Å². The number of hydrogen-bond donors (Lipinski definition) is 2. The number of anilines is 2. The molecule has 128 valence electrons. The van der Waals surface area contributed by atoms with E-state index in [1.165, 1.54) is 0 Å². The number of methoxy groups -OCH3 is 1. The van der Waals surface area contributed by atoms with Crippen molar-refractivity contribution in [1.29, 1.82) is 0 Å². The van der Waals surface area contributed by atoms with Crippen LogP contribution in [0.5, 0.6) is 5.75 Å². The highest BCUT2D eigenvalue weighted by Gasteiger charge is 2.20. The minimum absolute atomic E-state index is 0.316. The van der Waals surface area contributed by atoms with Crippen molar-refractivity contribution < 1.29 is 14.3 Å². The number of carbonyl (C=O) groups excluding carboxylic acids is 2. The van der Waals surface area contributed by atoms with Crippen LogP contribution in [0.3, 0.4) is 0 Å². The van der Waals surface area contributed by atoms with Gasteiger partial charge in [-0.05, 0) is 42.5 Å². The first-order valence-corrected chi connectivity index (χ1v) is 7.78. The highest BCUT2D eigenvalue weighted by atomic mass is 16.5. The van der Waals surface area contributed by atoms with Crippen molar-refractivity contribution in [2.24, 2.45) is 0 Å². The number of aromatic amines is 1. The van der Waals surface area contributed by atoms with Crippen LogP contribution < -0.4 is 15.0 Å².